The lowest BCUT2D eigenvalue weighted by Crippen LogP contribution is -1.96. The van der Waals surface area contributed by atoms with Crippen LogP contribution in [0.4, 0.5) is 0 Å². The van der Waals surface area contributed by atoms with Crippen molar-refractivity contribution in [2.24, 2.45) is 0 Å². The van der Waals surface area contributed by atoms with E-state index >= 15 is 0 Å². The van der Waals surface area contributed by atoms with Gasteiger partial charge in [0.25, 0.3) is 5.69 Å². The van der Waals surface area contributed by atoms with Crippen molar-refractivity contribution >= 4 is 39.9 Å². The van der Waals surface area contributed by atoms with Crippen molar-refractivity contribution in [3.63, 3.8) is 0 Å². The van der Waals surface area contributed by atoms with Gasteiger partial charge in [-0.25, -0.2) is 0 Å². The molecule has 4 aromatic rings. The Kier molecular flexibility index (Phi) is 8.71. The van der Waals surface area contributed by atoms with E-state index in [4.69, 9.17) is 20.9 Å². The molecule has 33 heavy (non-hydrogen) atoms. The van der Waals surface area contributed by atoms with Gasteiger partial charge in [0.05, 0.1) is 13.2 Å². The Hall–Kier alpha value is -2.46. The molecule has 0 N–H and O–H groups in total. The molecule has 0 saturated carbocycles. The van der Waals surface area contributed by atoms with Crippen LogP contribution < -0.4 is 0 Å². The number of rotatable bonds is 10. The molecule has 0 aromatic heterocycles. The minimum Gasteiger partial charge on any atom is -0.317 e. The molecule has 0 aliphatic carbocycles. The molecule has 0 aliphatic rings. The molecule has 5 heteroatoms. The van der Waals surface area contributed by atoms with Gasteiger partial charge < -0.3 is 9.05 Å². The van der Waals surface area contributed by atoms with Gasteiger partial charge in [0.15, 0.2) is 0 Å². The fourth-order valence-corrected chi connectivity index (χ4v) is 7.47. The van der Waals surface area contributed by atoms with Gasteiger partial charge in [-0.1, -0.05) is 121 Å². The lowest BCUT2D eigenvalue weighted by molar-refractivity contribution is 0.246. The van der Waals surface area contributed by atoms with Gasteiger partial charge >= 0.3 is 0 Å². The maximum absolute atomic E-state index is 6.35. The summed E-state index contributed by atoms with van der Waals surface area (Å²) in [7, 11) is 0. The average molecular weight is 489 g/mol. The van der Waals surface area contributed by atoms with E-state index in [1.54, 1.807) is 0 Å². The van der Waals surface area contributed by atoms with Crippen LogP contribution in [-0.2, 0) is 34.1 Å². The van der Waals surface area contributed by atoms with Crippen LogP contribution in [0.2, 0.25) is 0 Å². The van der Waals surface area contributed by atoms with Crippen LogP contribution in [0, 0.1) is 0 Å². The SMILES string of the molecule is S=P(OCc1ccccc1)(OCc1ccccc1)SC(=Cc1ccccc1)c1ccccc1. The number of hydrogen-bond donors (Lipinski definition) is 0. The first-order valence-electron chi connectivity index (χ1n) is 10.7. The van der Waals surface area contributed by atoms with Crippen LogP contribution in [0.15, 0.2) is 121 Å². The van der Waals surface area contributed by atoms with E-state index in [1.165, 1.54) is 11.4 Å². The van der Waals surface area contributed by atoms with Crippen molar-refractivity contribution in [1.29, 1.82) is 0 Å². The van der Waals surface area contributed by atoms with Crippen molar-refractivity contribution in [3.05, 3.63) is 144 Å². The fourth-order valence-electron chi connectivity index (χ4n) is 3.13. The van der Waals surface area contributed by atoms with Crippen LogP contribution in [0.5, 0.6) is 0 Å². The Morgan fingerprint density at radius 3 is 1.55 bits per heavy atom. The maximum atomic E-state index is 6.35. The van der Waals surface area contributed by atoms with E-state index in [0.29, 0.717) is 13.2 Å². The Bertz CT molecular complexity index is 1150. The first-order chi connectivity index (χ1) is 16.2. The van der Waals surface area contributed by atoms with Gasteiger partial charge in [-0.3, -0.25) is 0 Å². The zero-order chi connectivity index (χ0) is 22.8. The third kappa shape index (κ3) is 7.53. The highest BCUT2D eigenvalue weighted by Crippen LogP contribution is 2.66. The molecular formula is C28H25O2PS2. The summed E-state index contributed by atoms with van der Waals surface area (Å²) in [4.78, 5) is 1.03. The molecule has 4 aromatic carbocycles. The molecule has 166 valence electrons. The van der Waals surface area contributed by atoms with E-state index in [1.807, 2.05) is 97.1 Å². The van der Waals surface area contributed by atoms with Crippen molar-refractivity contribution in [2.75, 3.05) is 0 Å². The Morgan fingerprint density at radius 2 is 1.06 bits per heavy atom. The topological polar surface area (TPSA) is 18.5 Å². The van der Waals surface area contributed by atoms with Gasteiger partial charge in [0.2, 0.25) is 0 Å². The van der Waals surface area contributed by atoms with Crippen molar-refractivity contribution < 1.29 is 9.05 Å². The molecule has 2 nitrogen and oxygen atoms in total. The molecular weight excluding hydrogens is 463 g/mol. The van der Waals surface area contributed by atoms with Gasteiger partial charge in [0, 0.05) is 4.91 Å². The van der Waals surface area contributed by atoms with E-state index < -0.39 is 5.69 Å². The van der Waals surface area contributed by atoms with Crippen LogP contribution in [0.1, 0.15) is 22.3 Å². The molecule has 0 spiro atoms. The van der Waals surface area contributed by atoms with Gasteiger partial charge in [0.1, 0.15) is 0 Å². The zero-order valence-corrected chi connectivity index (χ0v) is 20.6. The van der Waals surface area contributed by atoms with Crippen LogP contribution >= 0.6 is 17.1 Å². The molecule has 0 aliphatic heterocycles. The molecule has 0 radical (unpaired) electrons. The standard InChI is InChI=1S/C28H25O2PS2/c32-31(29-22-25-15-7-2-8-16-25,30-23-26-17-9-3-10-18-26)33-28(27-19-11-4-12-20-27)21-24-13-5-1-6-14-24/h1-21H,22-23H2. The summed E-state index contributed by atoms with van der Waals surface area (Å²) in [5.74, 6) is 0. The molecule has 0 fully saturated rings. The summed E-state index contributed by atoms with van der Waals surface area (Å²) in [6.07, 6.45) is 2.15. The maximum Gasteiger partial charge on any atom is 0.252 e. The second kappa shape index (κ2) is 12.1. The van der Waals surface area contributed by atoms with Crippen LogP contribution in [0.3, 0.4) is 0 Å². The summed E-state index contributed by atoms with van der Waals surface area (Å²) >= 11 is 7.60. The summed E-state index contributed by atoms with van der Waals surface area (Å²) in [6.45, 7) is 0.820. The highest BCUT2D eigenvalue weighted by molar-refractivity contribution is 8.71. The fraction of sp³-hybridized carbons (Fsp3) is 0.0714. The van der Waals surface area contributed by atoms with E-state index in [0.717, 1.165) is 27.2 Å². The highest BCUT2D eigenvalue weighted by atomic mass is 32.9. The molecule has 0 amide bonds. The molecule has 4 rings (SSSR count). The second-order valence-corrected chi connectivity index (χ2v) is 13.5. The van der Waals surface area contributed by atoms with Crippen LogP contribution in [0.25, 0.3) is 11.0 Å². The summed E-state index contributed by atoms with van der Waals surface area (Å²) in [5, 5.41) is 0. The molecule has 0 bridgehead atoms. The van der Waals surface area contributed by atoms with E-state index in [2.05, 4.69) is 30.3 Å². The first kappa shape index (κ1) is 23.7. The Morgan fingerprint density at radius 1 is 0.636 bits per heavy atom. The second-order valence-electron chi connectivity index (χ2n) is 7.34. The molecule has 0 saturated heterocycles. The lowest BCUT2D eigenvalue weighted by atomic mass is 10.1. The average Bonchev–Trinajstić information content (AvgIpc) is 2.88. The largest absolute Gasteiger partial charge is 0.317 e. The number of benzene rings is 4. The van der Waals surface area contributed by atoms with Gasteiger partial charge in [-0.2, -0.15) is 0 Å². The zero-order valence-electron chi connectivity index (χ0n) is 18.1. The minimum atomic E-state index is -2.73. The highest BCUT2D eigenvalue weighted by Gasteiger charge is 2.24. The summed E-state index contributed by atoms with van der Waals surface area (Å²) in [5.41, 5.74) is 1.62. The van der Waals surface area contributed by atoms with Gasteiger partial charge in [-0.15, -0.1) is 0 Å². The Labute approximate surface area is 205 Å². The predicted molar refractivity (Wildman–Crippen MR) is 145 cm³/mol. The van der Waals surface area contributed by atoms with E-state index in [-0.39, 0.29) is 0 Å². The molecule has 0 heterocycles. The third-order valence-electron chi connectivity index (χ3n) is 4.83. The summed E-state index contributed by atoms with van der Waals surface area (Å²) in [6, 6.07) is 40.7. The Balaban J connectivity index is 1.62. The van der Waals surface area contributed by atoms with Crippen molar-refractivity contribution in [2.45, 2.75) is 13.2 Å². The quantitative estimate of drug-likeness (QED) is 0.164. The predicted octanol–water partition coefficient (Wildman–Crippen LogP) is 8.58. The van der Waals surface area contributed by atoms with Crippen molar-refractivity contribution in [3.8, 4) is 0 Å². The smallest absolute Gasteiger partial charge is 0.252 e. The molecule has 0 atom stereocenters. The van der Waals surface area contributed by atoms with Gasteiger partial charge in [-0.05, 0) is 51.5 Å². The minimum absolute atomic E-state index is 0.410. The normalized spacial score (nSPS) is 11.9. The van der Waals surface area contributed by atoms with Crippen LogP contribution in [-0.4, -0.2) is 0 Å². The van der Waals surface area contributed by atoms with Crippen molar-refractivity contribution in [1.82, 2.24) is 0 Å². The number of hydrogen-bond acceptors (Lipinski definition) is 4. The first-order valence-corrected chi connectivity index (χ1v) is 14.7. The van der Waals surface area contributed by atoms with E-state index in [9.17, 15) is 0 Å². The molecule has 0 unspecified atom stereocenters. The lowest BCUT2D eigenvalue weighted by Gasteiger charge is -2.23. The monoisotopic (exact) mass is 488 g/mol. The summed E-state index contributed by atoms with van der Waals surface area (Å²) < 4.78 is 12.7. The third-order valence-corrected chi connectivity index (χ3v) is 9.69.